The van der Waals surface area contributed by atoms with Crippen molar-refractivity contribution < 1.29 is 9.84 Å². The monoisotopic (exact) mass is 512 g/mol. The lowest BCUT2D eigenvalue weighted by atomic mass is 9.81. The van der Waals surface area contributed by atoms with Crippen molar-refractivity contribution >= 4 is 16.9 Å². The molecule has 0 amide bonds. The third kappa shape index (κ3) is 5.12. The van der Waals surface area contributed by atoms with E-state index in [-0.39, 0.29) is 6.04 Å². The van der Waals surface area contributed by atoms with E-state index in [0.717, 1.165) is 92.1 Å². The topological polar surface area (TPSA) is 92.7 Å². The predicted octanol–water partition coefficient (Wildman–Crippen LogP) is 4.57. The van der Waals surface area contributed by atoms with Crippen LogP contribution in [0.25, 0.3) is 22.2 Å². The van der Waals surface area contributed by atoms with Crippen molar-refractivity contribution in [2.75, 3.05) is 45.5 Å². The summed E-state index contributed by atoms with van der Waals surface area (Å²) >= 11 is 0. The van der Waals surface area contributed by atoms with Crippen LogP contribution in [0.2, 0.25) is 0 Å². The van der Waals surface area contributed by atoms with Gasteiger partial charge in [0.25, 0.3) is 0 Å². The van der Waals surface area contributed by atoms with Crippen molar-refractivity contribution in [3.05, 3.63) is 67.1 Å². The first-order chi connectivity index (χ1) is 18.5. The number of para-hydroxylation sites is 1. The van der Waals surface area contributed by atoms with Crippen LogP contribution < -0.4 is 10.5 Å². The van der Waals surface area contributed by atoms with Gasteiger partial charge in [-0.25, -0.2) is 9.97 Å². The average molecular weight is 513 g/mol. The summed E-state index contributed by atoms with van der Waals surface area (Å²) in [5.74, 6) is 2.06. The Bertz CT molecular complexity index is 1370. The molecule has 3 N–H and O–H groups in total. The molecule has 8 nitrogen and oxygen atoms in total. The summed E-state index contributed by atoms with van der Waals surface area (Å²) < 4.78 is 8.23. The number of hydrogen-bond donors (Lipinski definition) is 2. The highest BCUT2D eigenvalue weighted by molar-refractivity contribution is 6.00. The summed E-state index contributed by atoms with van der Waals surface area (Å²) in [6.07, 6.45) is 7.08. The summed E-state index contributed by atoms with van der Waals surface area (Å²) in [7, 11) is 2.16. The van der Waals surface area contributed by atoms with E-state index in [9.17, 15) is 5.11 Å². The van der Waals surface area contributed by atoms with Crippen molar-refractivity contribution in [2.45, 2.75) is 37.3 Å². The predicted molar refractivity (Wildman–Crippen MR) is 150 cm³/mol. The van der Waals surface area contributed by atoms with E-state index >= 15 is 0 Å². The molecule has 198 valence electrons. The van der Waals surface area contributed by atoms with Gasteiger partial charge < -0.3 is 25.0 Å². The Morgan fingerprint density at radius 1 is 0.947 bits per heavy atom. The Morgan fingerprint density at radius 2 is 1.63 bits per heavy atom. The number of piperazine rings is 1. The molecular formula is C30H36N6O2. The highest BCUT2D eigenvalue weighted by atomic mass is 16.5. The summed E-state index contributed by atoms with van der Waals surface area (Å²) in [6, 6.07) is 18.1. The third-order valence-electron chi connectivity index (χ3n) is 8.18. The molecule has 0 unspecified atom stereocenters. The number of aromatic nitrogens is 3. The smallest absolute Gasteiger partial charge is 0.146 e. The Kier molecular flexibility index (Phi) is 6.78. The minimum atomic E-state index is -0.624. The molecule has 2 aliphatic rings. The molecule has 2 fully saturated rings. The van der Waals surface area contributed by atoms with E-state index in [1.807, 2.05) is 42.5 Å². The van der Waals surface area contributed by atoms with E-state index in [1.165, 1.54) is 0 Å². The van der Waals surface area contributed by atoms with Crippen LogP contribution >= 0.6 is 0 Å². The van der Waals surface area contributed by atoms with E-state index in [2.05, 4.69) is 49.7 Å². The van der Waals surface area contributed by atoms with Crippen LogP contribution in [-0.4, -0.2) is 74.8 Å². The fraction of sp³-hybridized carbons (Fsp3) is 0.400. The number of nitrogens with zero attached hydrogens (tertiary/aromatic N) is 5. The number of likely N-dealkylation sites (N-methyl/N-ethyl adjacent to an activating group) is 1. The van der Waals surface area contributed by atoms with Crippen LogP contribution in [0.15, 0.2) is 67.1 Å². The van der Waals surface area contributed by atoms with E-state index < -0.39 is 5.60 Å². The lowest BCUT2D eigenvalue weighted by Crippen LogP contribution is -2.52. The van der Waals surface area contributed by atoms with Crippen molar-refractivity contribution in [1.82, 2.24) is 24.3 Å². The Labute approximate surface area is 223 Å². The second kappa shape index (κ2) is 10.4. The minimum Gasteiger partial charge on any atom is -0.457 e. The standard InChI is InChI=1S/C30H36N6O2/c1-34-15-17-35(18-16-34)20-30(37)13-11-23(12-14-30)36-19-26(27-28(31)32-21-33-29(27)36)22-7-9-25(10-8-22)38-24-5-3-2-4-6-24/h2-10,19,21,23,37H,11-18,20H2,1H3,(H2,31,32,33). The lowest BCUT2D eigenvalue weighted by Gasteiger charge is -2.42. The molecule has 0 bridgehead atoms. The SMILES string of the molecule is CN1CCN(CC2(O)CCC(n3cc(-c4ccc(Oc5ccccc5)cc4)c4c(N)ncnc43)CC2)CC1. The fourth-order valence-corrected chi connectivity index (χ4v) is 5.93. The summed E-state index contributed by atoms with van der Waals surface area (Å²) in [5, 5.41) is 12.3. The third-order valence-corrected chi connectivity index (χ3v) is 8.18. The second-order valence-corrected chi connectivity index (χ2v) is 10.9. The van der Waals surface area contributed by atoms with Gasteiger partial charge in [0.2, 0.25) is 0 Å². The van der Waals surface area contributed by atoms with Gasteiger partial charge in [0, 0.05) is 50.5 Å². The molecule has 8 heteroatoms. The Hall–Kier alpha value is -3.46. The number of hydrogen-bond acceptors (Lipinski definition) is 7. The molecule has 2 aromatic heterocycles. The number of rotatable bonds is 6. The molecule has 0 radical (unpaired) electrons. The Balaban J connectivity index is 1.21. The molecule has 1 saturated carbocycles. The van der Waals surface area contributed by atoms with Gasteiger partial charge in [0.1, 0.15) is 29.3 Å². The van der Waals surface area contributed by atoms with Crippen molar-refractivity contribution in [1.29, 1.82) is 0 Å². The number of nitrogen functional groups attached to an aromatic ring is 1. The maximum absolute atomic E-state index is 11.4. The molecule has 3 heterocycles. The maximum Gasteiger partial charge on any atom is 0.146 e. The number of fused-ring (bicyclic) bond motifs is 1. The van der Waals surface area contributed by atoms with Gasteiger partial charge in [0.15, 0.2) is 0 Å². The quantitative estimate of drug-likeness (QED) is 0.391. The van der Waals surface area contributed by atoms with Crippen LogP contribution in [0.4, 0.5) is 5.82 Å². The number of β-amino-alcohol motifs (C(OH)–C–C–N with tert-alkyl or cyclic N) is 1. The van der Waals surface area contributed by atoms with Crippen molar-refractivity contribution in [3.8, 4) is 22.6 Å². The van der Waals surface area contributed by atoms with E-state index in [4.69, 9.17) is 10.5 Å². The van der Waals surface area contributed by atoms with Gasteiger partial charge >= 0.3 is 0 Å². The number of anilines is 1. The number of ether oxygens (including phenoxy) is 1. The molecular weight excluding hydrogens is 476 g/mol. The fourth-order valence-electron chi connectivity index (χ4n) is 5.93. The van der Waals surface area contributed by atoms with Crippen LogP contribution in [-0.2, 0) is 0 Å². The van der Waals surface area contributed by atoms with E-state index in [0.29, 0.717) is 5.82 Å². The summed E-state index contributed by atoms with van der Waals surface area (Å²) in [6.45, 7) is 4.95. The van der Waals surface area contributed by atoms with Crippen molar-refractivity contribution in [3.63, 3.8) is 0 Å². The summed E-state index contributed by atoms with van der Waals surface area (Å²) in [4.78, 5) is 13.7. The van der Waals surface area contributed by atoms with Gasteiger partial charge in [-0.3, -0.25) is 4.90 Å². The minimum absolute atomic E-state index is 0.258. The zero-order valence-corrected chi connectivity index (χ0v) is 22.0. The Morgan fingerprint density at radius 3 is 2.34 bits per heavy atom. The van der Waals surface area contributed by atoms with Crippen molar-refractivity contribution in [2.24, 2.45) is 0 Å². The summed E-state index contributed by atoms with van der Waals surface area (Å²) in [5.41, 5.74) is 8.67. The molecule has 1 saturated heterocycles. The molecule has 2 aromatic carbocycles. The van der Waals surface area contributed by atoms with Gasteiger partial charge in [0.05, 0.1) is 11.0 Å². The number of nitrogens with two attached hydrogens (primary N) is 1. The van der Waals surface area contributed by atoms with Gasteiger partial charge in [-0.15, -0.1) is 0 Å². The molecule has 1 aliphatic carbocycles. The van der Waals surface area contributed by atoms with E-state index in [1.54, 1.807) is 6.33 Å². The molecule has 6 rings (SSSR count). The van der Waals surface area contributed by atoms with Gasteiger partial charge in [-0.1, -0.05) is 30.3 Å². The van der Waals surface area contributed by atoms with Crippen LogP contribution in [0.3, 0.4) is 0 Å². The number of aliphatic hydroxyl groups is 1. The number of benzene rings is 2. The highest BCUT2D eigenvalue weighted by Crippen LogP contribution is 2.41. The molecule has 1 aliphatic heterocycles. The first-order valence-electron chi connectivity index (χ1n) is 13.6. The second-order valence-electron chi connectivity index (χ2n) is 10.9. The van der Waals surface area contributed by atoms with Crippen LogP contribution in [0, 0.1) is 0 Å². The first kappa shape index (κ1) is 24.9. The lowest BCUT2D eigenvalue weighted by molar-refractivity contribution is -0.0418. The van der Waals surface area contributed by atoms with Gasteiger partial charge in [-0.05, 0) is 62.6 Å². The normalized spacial score (nSPS) is 23.1. The molecule has 4 aromatic rings. The van der Waals surface area contributed by atoms with Crippen LogP contribution in [0.1, 0.15) is 31.7 Å². The largest absolute Gasteiger partial charge is 0.457 e. The highest BCUT2D eigenvalue weighted by Gasteiger charge is 2.36. The maximum atomic E-state index is 11.4. The zero-order valence-electron chi connectivity index (χ0n) is 22.0. The first-order valence-corrected chi connectivity index (χ1v) is 13.6. The molecule has 38 heavy (non-hydrogen) atoms. The molecule has 0 spiro atoms. The van der Waals surface area contributed by atoms with Crippen LogP contribution in [0.5, 0.6) is 11.5 Å². The van der Waals surface area contributed by atoms with Gasteiger partial charge in [-0.2, -0.15) is 0 Å². The average Bonchev–Trinajstić information content (AvgIpc) is 3.32. The molecule has 0 atom stereocenters. The zero-order chi connectivity index (χ0) is 26.1.